The molecule has 0 unspecified atom stereocenters. The zero-order valence-corrected chi connectivity index (χ0v) is 12.4. The molecule has 3 heterocycles. The first-order chi connectivity index (χ1) is 11.2. The number of aromatic hydroxyl groups is 1. The fraction of sp³-hybridized carbons (Fsp3) is 0.0588. The van der Waals surface area contributed by atoms with Gasteiger partial charge in [0.1, 0.15) is 5.75 Å². The third kappa shape index (κ3) is 2.30. The molecular formula is C17H14N4O2. The van der Waals surface area contributed by atoms with Crippen LogP contribution in [0.3, 0.4) is 0 Å². The Kier molecular flexibility index (Phi) is 3.01. The summed E-state index contributed by atoms with van der Waals surface area (Å²) in [6.45, 7) is 0. The van der Waals surface area contributed by atoms with Crippen molar-refractivity contribution in [2.75, 3.05) is 11.9 Å². The van der Waals surface area contributed by atoms with Crippen LogP contribution in [0.5, 0.6) is 5.75 Å². The van der Waals surface area contributed by atoms with Crippen LogP contribution >= 0.6 is 0 Å². The van der Waals surface area contributed by atoms with Gasteiger partial charge < -0.3 is 9.52 Å². The molecule has 23 heavy (non-hydrogen) atoms. The summed E-state index contributed by atoms with van der Waals surface area (Å²) in [6, 6.07) is 14.5. The molecule has 0 spiro atoms. The Labute approximate surface area is 132 Å². The van der Waals surface area contributed by atoms with E-state index in [1.54, 1.807) is 29.1 Å². The standard InChI is InChI=1S/C17H14N4O2/c1-20(17-3-2-10-23-17)16-9-8-15-18-11-14(21(15)19-16)12-4-6-13(22)7-5-12/h2-11,22H,1H3. The Balaban J connectivity index is 1.81. The van der Waals surface area contributed by atoms with E-state index in [-0.39, 0.29) is 5.75 Å². The highest BCUT2D eigenvalue weighted by Crippen LogP contribution is 2.25. The molecule has 0 saturated carbocycles. The summed E-state index contributed by atoms with van der Waals surface area (Å²) in [7, 11) is 1.89. The first-order valence-corrected chi connectivity index (χ1v) is 7.14. The van der Waals surface area contributed by atoms with Crippen LogP contribution < -0.4 is 4.90 Å². The van der Waals surface area contributed by atoms with Crippen molar-refractivity contribution in [1.29, 1.82) is 0 Å². The van der Waals surface area contributed by atoms with Gasteiger partial charge in [0.25, 0.3) is 0 Å². The maximum absolute atomic E-state index is 9.43. The van der Waals surface area contributed by atoms with Gasteiger partial charge in [-0.05, 0) is 42.5 Å². The van der Waals surface area contributed by atoms with E-state index in [2.05, 4.69) is 10.1 Å². The van der Waals surface area contributed by atoms with Gasteiger partial charge in [0, 0.05) is 18.7 Å². The van der Waals surface area contributed by atoms with Gasteiger partial charge in [-0.1, -0.05) is 0 Å². The summed E-state index contributed by atoms with van der Waals surface area (Å²) in [4.78, 5) is 6.24. The molecule has 4 rings (SSSR count). The van der Waals surface area contributed by atoms with Crippen LogP contribution in [0.4, 0.5) is 11.7 Å². The monoisotopic (exact) mass is 306 g/mol. The molecule has 6 nitrogen and oxygen atoms in total. The Morgan fingerprint density at radius 1 is 1.09 bits per heavy atom. The fourth-order valence-electron chi connectivity index (χ4n) is 2.45. The summed E-state index contributed by atoms with van der Waals surface area (Å²) >= 11 is 0. The van der Waals surface area contributed by atoms with Crippen LogP contribution in [-0.4, -0.2) is 26.8 Å². The number of phenols is 1. The number of aromatic nitrogens is 3. The average Bonchev–Trinajstić information content (AvgIpc) is 3.24. The third-order valence-electron chi connectivity index (χ3n) is 3.69. The number of fused-ring (bicyclic) bond motifs is 1. The molecule has 0 saturated heterocycles. The van der Waals surface area contributed by atoms with Gasteiger partial charge in [0.2, 0.25) is 5.88 Å². The van der Waals surface area contributed by atoms with Gasteiger partial charge in [-0.2, -0.15) is 0 Å². The number of rotatable bonds is 3. The first-order valence-electron chi connectivity index (χ1n) is 7.14. The number of benzene rings is 1. The topological polar surface area (TPSA) is 66.8 Å². The molecule has 6 heteroatoms. The summed E-state index contributed by atoms with van der Waals surface area (Å²) in [5, 5.41) is 14.1. The van der Waals surface area contributed by atoms with Crippen LogP contribution in [0.15, 0.2) is 65.4 Å². The van der Waals surface area contributed by atoms with Crippen molar-refractivity contribution in [2.45, 2.75) is 0 Å². The zero-order valence-electron chi connectivity index (χ0n) is 12.4. The van der Waals surface area contributed by atoms with E-state index < -0.39 is 0 Å². The summed E-state index contributed by atoms with van der Waals surface area (Å²) in [5.74, 6) is 1.68. The van der Waals surface area contributed by atoms with Crippen molar-refractivity contribution in [2.24, 2.45) is 0 Å². The molecule has 0 radical (unpaired) electrons. The lowest BCUT2D eigenvalue weighted by atomic mass is 10.2. The third-order valence-corrected chi connectivity index (χ3v) is 3.69. The molecule has 0 atom stereocenters. The van der Waals surface area contributed by atoms with Crippen molar-refractivity contribution in [3.63, 3.8) is 0 Å². The lowest BCUT2D eigenvalue weighted by Crippen LogP contribution is -2.12. The summed E-state index contributed by atoms with van der Waals surface area (Å²) in [6.07, 6.45) is 3.40. The Morgan fingerprint density at radius 2 is 1.91 bits per heavy atom. The summed E-state index contributed by atoms with van der Waals surface area (Å²) < 4.78 is 7.18. The molecule has 1 aromatic carbocycles. The van der Waals surface area contributed by atoms with E-state index in [0.717, 1.165) is 22.7 Å². The second-order valence-electron chi connectivity index (χ2n) is 5.16. The highest BCUT2D eigenvalue weighted by molar-refractivity contribution is 5.65. The number of hydrogen-bond acceptors (Lipinski definition) is 5. The lowest BCUT2D eigenvalue weighted by Gasteiger charge is -2.15. The number of imidazole rings is 1. The number of anilines is 2. The molecule has 3 aromatic heterocycles. The smallest absolute Gasteiger partial charge is 0.200 e. The predicted molar refractivity (Wildman–Crippen MR) is 86.9 cm³/mol. The maximum Gasteiger partial charge on any atom is 0.200 e. The second-order valence-corrected chi connectivity index (χ2v) is 5.16. The van der Waals surface area contributed by atoms with E-state index in [0.29, 0.717) is 5.88 Å². The van der Waals surface area contributed by atoms with Crippen molar-refractivity contribution < 1.29 is 9.52 Å². The number of furan rings is 1. The molecule has 0 aliphatic carbocycles. The minimum Gasteiger partial charge on any atom is -0.508 e. The van der Waals surface area contributed by atoms with Gasteiger partial charge in [-0.3, -0.25) is 4.90 Å². The van der Waals surface area contributed by atoms with E-state index >= 15 is 0 Å². The Bertz CT molecular complexity index is 943. The SMILES string of the molecule is CN(c1ccc2ncc(-c3ccc(O)cc3)n2n1)c1ccco1. The molecule has 0 fully saturated rings. The molecule has 1 N–H and O–H groups in total. The van der Waals surface area contributed by atoms with Crippen molar-refractivity contribution in [3.8, 4) is 17.0 Å². The van der Waals surface area contributed by atoms with Crippen LogP contribution in [-0.2, 0) is 0 Å². The first kappa shape index (κ1) is 13.4. The van der Waals surface area contributed by atoms with E-state index in [4.69, 9.17) is 4.42 Å². The molecule has 0 bridgehead atoms. The molecule has 0 amide bonds. The highest BCUT2D eigenvalue weighted by Gasteiger charge is 2.12. The van der Waals surface area contributed by atoms with Crippen LogP contribution in [0, 0.1) is 0 Å². The molecule has 114 valence electrons. The normalized spacial score (nSPS) is 11.0. The summed E-state index contributed by atoms with van der Waals surface area (Å²) in [5.41, 5.74) is 2.54. The average molecular weight is 306 g/mol. The molecular weight excluding hydrogens is 292 g/mol. The van der Waals surface area contributed by atoms with Crippen molar-refractivity contribution in [1.82, 2.24) is 14.6 Å². The van der Waals surface area contributed by atoms with Gasteiger partial charge in [0.05, 0.1) is 18.2 Å². The van der Waals surface area contributed by atoms with Gasteiger partial charge in [0.15, 0.2) is 11.5 Å². The van der Waals surface area contributed by atoms with E-state index in [1.807, 2.05) is 48.3 Å². The van der Waals surface area contributed by atoms with Crippen LogP contribution in [0.1, 0.15) is 0 Å². The van der Waals surface area contributed by atoms with Crippen molar-refractivity contribution in [3.05, 3.63) is 61.0 Å². The highest BCUT2D eigenvalue weighted by atomic mass is 16.3. The zero-order chi connectivity index (χ0) is 15.8. The van der Waals surface area contributed by atoms with Crippen molar-refractivity contribution >= 4 is 17.3 Å². The second kappa shape index (κ2) is 5.17. The van der Waals surface area contributed by atoms with E-state index in [1.165, 1.54) is 0 Å². The van der Waals surface area contributed by atoms with Crippen LogP contribution in [0.25, 0.3) is 16.9 Å². The Morgan fingerprint density at radius 3 is 2.65 bits per heavy atom. The van der Waals surface area contributed by atoms with Gasteiger partial charge in [-0.25, -0.2) is 9.50 Å². The lowest BCUT2D eigenvalue weighted by molar-refractivity contribution is 0.475. The largest absolute Gasteiger partial charge is 0.508 e. The fourth-order valence-corrected chi connectivity index (χ4v) is 2.45. The Hall–Kier alpha value is -3.28. The van der Waals surface area contributed by atoms with Gasteiger partial charge >= 0.3 is 0 Å². The molecule has 0 aliphatic rings. The van der Waals surface area contributed by atoms with Gasteiger partial charge in [-0.15, -0.1) is 5.10 Å². The quantitative estimate of drug-likeness (QED) is 0.628. The minimum atomic E-state index is 0.230. The number of phenolic OH excluding ortho intramolecular Hbond substituents is 1. The van der Waals surface area contributed by atoms with Crippen LogP contribution in [0.2, 0.25) is 0 Å². The molecule has 4 aromatic rings. The number of hydrogen-bond donors (Lipinski definition) is 1. The predicted octanol–water partition coefficient (Wildman–Crippen LogP) is 3.46. The molecule has 0 aliphatic heterocycles. The number of nitrogens with zero attached hydrogens (tertiary/aromatic N) is 4. The van der Waals surface area contributed by atoms with E-state index in [9.17, 15) is 5.11 Å². The maximum atomic E-state index is 9.43. The minimum absolute atomic E-state index is 0.230.